The smallest absolute Gasteiger partial charge is 0.220 e. The van der Waals surface area contributed by atoms with Gasteiger partial charge >= 0.3 is 0 Å². The molecule has 0 bridgehead atoms. The van der Waals surface area contributed by atoms with Gasteiger partial charge in [-0.25, -0.2) is 0 Å². The second-order valence-corrected chi connectivity index (χ2v) is 26.1. The molecule has 2 heterocycles. The van der Waals surface area contributed by atoms with Gasteiger partial charge in [0.2, 0.25) is 5.91 Å². The normalized spacial score (nSPS) is 23.5. The second kappa shape index (κ2) is 56.7. The summed E-state index contributed by atoms with van der Waals surface area (Å²) in [6.07, 6.45) is 52.8. The summed E-state index contributed by atoms with van der Waals surface area (Å²) < 4.78 is 22.9. The summed E-state index contributed by atoms with van der Waals surface area (Å²) in [5.41, 5.74) is 0. The summed E-state index contributed by atoms with van der Waals surface area (Å²) in [4.78, 5) is 13.3. The molecular weight excluding hydrogens is 1070 g/mol. The Bertz CT molecular complexity index is 1470. The summed E-state index contributed by atoms with van der Waals surface area (Å²) in [6, 6.07) is -0.911. The van der Waals surface area contributed by atoms with Gasteiger partial charge in [0, 0.05) is 6.42 Å². The summed E-state index contributed by atoms with van der Waals surface area (Å²) >= 11 is 0. The lowest BCUT2D eigenvalue weighted by Gasteiger charge is -2.46. The van der Waals surface area contributed by atoms with Gasteiger partial charge in [-0.3, -0.25) is 4.79 Å². The summed E-state index contributed by atoms with van der Waals surface area (Å²) in [7, 11) is 0. The van der Waals surface area contributed by atoms with E-state index in [0.717, 1.165) is 38.5 Å². The number of hydrogen-bond acceptors (Lipinski definition) is 13. The first kappa shape index (κ1) is 79.8. The molecule has 504 valence electrons. The van der Waals surface area contributed by atoms with Gasteiger partial charge in [-0.05, 0) is 19.3 Å². The van der Waals surface area contributed by atoms with Crippen LogP contribution in [0.25, 0.3) is 0 Å². The van der Waals surface area contributed by atoms with E-state index in [4.69, 9.17) is 18.9 Å². The first-order valence-corrected chi connectivity index (χ1v) is 36.4. The molecule has 0 aromatic carbocycles. The molecule has 12 unspecified atom stereocenters. The van der Waals surface area contributed by atoms with Gasteiger partial charge < -0.3 is 65.1 Å². The number of hydrogen-bond donors (Lipinski definition) is 9. The SMILES string of the molecule is CCCCCCCCCCCCCCCCCCCCCCCCCCCCCCCCC/C=C/C(O)C(COC1OC(CO)C(OC2OC(CO)C(O)C(O)C2O)C(O)C1O)NC(=O)CCCCCCCCCCCCCCCCCCCC. The quantitative estimate of drug-likeness (QED) is 0.0204. The third-order valence-corrected chi connectivity index (χ3v) is 18.2. The zero-order valence-corrected chi connectivity index (χ0v) is 54.9. The highest BCUT2D eigenvalue weighted by molar-refractivity contribution is 5.76. The van der Waals surface area contributed by atoms with Crippen molar-refractivity contribution in [2.45, 2.75) is 415 Å². The number of carbonyl (C=O) groups is 1. The van der Waals surface area contributed by atoms with E-state index in [2.05, 4.69) is 19.2 Å². The summed E-state index contributed by atoms with van der Waals surface area (Å²) in [5, 5.41) is 87.4. The molecule has 14 nitrogen and oxygen atoms in total. The van der Waals surface area contributed by atoms with Gasteiger partial charge in [-0.15, -0.1) is 0 Å². The third-order valence-electron chi connectivity index (χ3n) is 18.2. The van der Waals surface area contributed by atoms with Crippen LogP contribution in [-0.4, -0.2) is 140 Å². The fourth-order valence-electron chi connectivity index (χ4n) is 12.4. The molecule has 9 N–H and O–H groups in total. The minimum Gasteiger partial charge on any atom is -0.394 e. The van der Waals surface area contributed by atoms with Crippen molar-refractivity contribution >= 4 is 5.91 Å². The Morgan fingerprint density at radius 2 is 0.729 bits per heavy atom. The minimum atomic E-state index is -1.79. The molecule has 2 rings (SSSR count). The number of ether oxygens (including phenoxy) is 4. The summed E-state index contributed by atoms with van der Waals surface area (Å²) in [6.45, 7) is 2.86. The van der Waals surface area contributed by atoms with E-state index in [9.17, 15) is 45.6 Å². The van der Waals surface area contributed by atoms with E-state index in [1.807, 2.05) is 6.08 Å². The monoisotopic (exact) mass is 1210 g/mol. The van der Waals surface area contributed by atoms with Gasteiger partial charge in [0.25, 0.3) is 0 Å². The highest BCUT2D eigenvalue weighted by Gasteiger charge is 2.51. The first-order chi connectivity index (χ1) is 41.6. The molecule has 0 aliphatic carbocycles. The average molecular weight is 1210 g/mol. The molecule has 85 heavy (non-hydrogen) atoms. The van der Waals surface area contributed by atoms with Crippen molar-refractivity contribution < 1.29 is 64.6 Å². The van der Waals surface area contributed by atoms with Crippen molar-refractivity contribution in [2.75, 3.05) is 19.8 Å². The molecule has 2 aliphatic heterocycles. The molecule has 2 saturated heterocycles. The molecular formula is C71H137NO13. The van der Waals surface area contributed by atoms with Gasteiger partial charge in [0.15, 0.2) is 12.6 Å². The van der Waals surface area contributed by atoms with Crippen LogP contribution in [0.4, 0.5) is 0 Å². The number of nitrogens with one attached hydrogen (secondary N) is 1. The van der Waals surface area contributed by atoms with Crippen LogP contribution < -0.4 is 5.32 Å². The van der Waals surface area contributed by atoms with Crippen LogP contribution in [0.2, 0.25) is 0 Å². The van der Waals surface area contributed by atoms with Crippen molar-refractivity contribution in [3.05, 3.63) is 12.2 Å². The molecule has 0 spiro atoms. The number of rotatable bonds is 61. The van der Waals surface area contributed by atoms with Gasteiger partial charge in [-0.1, -0.05) is 328 Å². The van der Waals surface area contributed by atoms with Crippen LogP contribution in [0.5, 0.6) is 0 Å². The fraction of sp³-hybridized carbons (Fsp3) is 0.958. The fourth-order valence-corrected chi connectivity index (χ4v) is 12.4. The Morgan fingerprint density at radius 1 is 0.412 bits per heavy atom. The molecule has 14 heteroatoms. The highest BCUT2D eigenvalue weighted by Crippen LogP contribution is 2.30. The number of aliphatic hydroxyl groups is 8. The number of allylic oxidation sites excluding steroid dienone is 1. The van der Waals surface area contributed by atoms with Crippen molar-refractivity contribution in [2.24, 2.45) is 0 Å². The van der Waals surface area contributed by atoms with Gasteiger partial charge in [-0.2, -0.15) is 0 Å². The summed E-state index contributed by atoms with van der Waals surface area (Å²) in [5.74, 6) is -0.231. The van der Waals surface area contributed by atoms with Crippen LogP contribution in [0.15, 0.2) is 12.2 Å². The zero-order valence-electron chi connectivity index (χ0n) is 54.9. The van der Waals surface area contributed by atoms with E-state index in [0.29, 0.717) is 6.42 Å². The average Bonchev–Trinajstić information content (AvgIpc) is 3.69. The van der Waals surface area contributed by atoms with E-state index >= 15 is 0 Å². The lowest BCUT2D eigenvalue weighted by Crippen LogP contribution is -2.65. The first-order valence-electron chi connectivity index (χ1n) is 36.4. The standard InChI is InChI=1S/C71H137NO13/c1-3-5-7-9-11-13-15-17-19-21-23-24-25-26-27-28-29-30-31-32-33-34-35-36-37-38-40-42-44-46-48-50-52-54-60(75)59(72-63(76)55-53-51-49-47-45-43-41-39-22-20-18-16-14-12-10-8-6-4-2)58-82-70-68(81)66(79)69(62(57-74)84-70)85-71-67(80)65(78)64(77)61(56-73)83-71/h52,54,59-62,64-71,73-75,77-81H,3-51,53,55-58H2,1-2H3,(H,72,76)/b54-52+. The maximum atomic E-state index is 13.3. The van der Waals surface area contributed by atoms with Crippen molar-refractivity contribution in [1.29, 1.82) is 0 Å². The number of carbonyl (C=O) groups excluding carboxylic acids is 1. The van der Waals surface area contributed by atoms with E-state index in [1.54, 1.807) is 6.08 Å². The highest BCUT2D eigenvalue weighted by atomic mass is 16.7. The van der Waals surface area contributed by atoms with Crippen LogP contribution in [0, 0.1) is 0 Å². The molecule has 0 aromatic rings. The molecule has 0 saturated carbocycles. The second-order valence-electron chi connectivity index (χ2n) is 26.1. The Kier molecular flexibility index (Phi) is 53.2. The van der Waals surface area contributed by atoms with E-state index in [1.165, 1.54) is 276 Å². The van der Waals surface area contributed by atoms with Crippen LogP contribution >= 0.6 is 0 Å². The maximum Gasteiger partial charge on any atom is 0.220 e. The third kappa shape index (κ3) is 41.0. The molecule has 2 aliphatic rings. The minimum absolute atomic E-state index is 0.231. The van der Waals surface area contributed by atoms with Crippen LogP contribution in [-0.2, 0) is 23.7 Å². The Balaban J connectivity index is 1.63. The Labute approximate surface area is 520 Å². The van der Waals surface area contributed by atoms with Crippen LogP contribution in [0.1, 0.15) is 341 Å². The molecule has 1 amide bonds. The molecule has 0 radical (unpaired) electrons. The Hall–Kier alpha value is -1.27. The molecule has 2 fully saturated rings. The van der Waals surface area contributed by atoms with E-state index < -0.39 is 86.8 Å². The van der Waals surface area contributed by atoms with Crippen molar-refractivity contribution in [1.82, 2.24) is 5.32 Å². The van der Waals surface area contributed by atoms with E-state index in [-0.39, 0.29) is 18.9 Å². The Morgan fingerprint density at radius 3 is 1.08 bits per heavy atom. The predicted molar refractivity (Wildman–Crippen MR) is 346 cm³/mol. The van der Waals surface area contributed by atoms with Gasteiger partial charge in [0.05, 0.1) is 32.0 Å². The molecule has 0 aromatic heterocycles. The predicted octanol–water partition coefficient (Wildman–Crippen LogP) is 15.0. The maximum absolute atomic E-state index is 13.3. The lowest BCUT2D eigenvalue weighted by molar-refractivity contribution is -0.359. The number of unbranched alkanes of at least 4 members (excludes halogenated alkanes) is 48. The number of amides is 1. The van der Waals surface area contributed by atoms with Gasteiger partial charge in [0.1, 0.15) is 48.8 Å². The van der Waals surface area contributed by atoms with Crippen molar-refractivity contribution in [3.63, 3.8) is 0 Å². The topological polar surface area (TPSA) is 228 Å². The zero-order chi connectivity index (χ0) is 61.6. The number of aliphatic hydroxyl groups excluding tert-OH is 8. The van der Waals surface area contributed by atoms with Crippen molar-refractivity contribution in [3.8, 4) is 0 Å². The lowest BCUT2D eigenvalue weighted by atomic mass is 9.97. The largest absolute Gasteiger partial charge is 0.394 e. The van der Waals surface area contributed by atoms with Crippen LogP contribution in [0.3, 0.4) is 0 Å². The molecule has 12 atom stereocenters.